The van der Waals surface area contributed by atoms with Gasteiger partial charge in [-0.2, -0.15) is 0 Å². The van der Waals surface area contributed by atoms with Crippen LogP contribution in [-0.2, 0) is 0 Å². The van der Waals surface area contributed by atoms with E-state index in [2.05, 4.69) is 10.2 Å². The molecule has 0 unspecified atom stereocenters. The molecule has 90 valence electrons. The molecule has 0 bridgehead atoms. The molecule has 0 radical (unpaired) electrons. The Labute approximate surface area is 97.9 Å². The molecule has 1 heterocycles. The zero-order valence-electron chi connectivity index (χ0n) is 9.54. The van der Waals surface area contributed by atoms with Gasteiger partial charge in [0.05, 0.1) is 14.2 Å². The summed E-state index contributed by atoms with van der Waals surface area (Å²) in [5.74, 6) is 7.41. The van der Waals surface area contributed by atoms with Crippen LogP contribution in [0.25, 0.3) is 11.4 Å². The van der Waals surface area contributed by atoms with Gasteiger partial charge in [0.1, 0.15) is 17.1 Å². The first-order valence-corrected chi connectivity index (χ1v) is 4.86. The number of anilines is 1. The van der Waals surface area contributed by atoms with Gasteiger partial charge in [0.15, 0.2) is 5.82 Å². The topological polar surface area (TPSA) is 101 Å². The van der Waals surface area contributed by atoms with Crippen molar-refractivity contribution in [2.45, 2.75) is 0 Å². The van der Waals surface area contributed by atoms with Crippen LogP contribution in [0.1, 0.15) is 0 Å². The van der Waals surface area contributed by atoms with E-state index in [0.717, 1.165) is 0 Å². The summed E-state index contributed by atoms with van der Waals surface area (Å²) in [6, 6.07) is 5.37. The van der Waals surface area contributed by atoms with E-state index < -0.39 is 0 Å². The minimum atomic E-state index is 0.118. The smallest absolute Gasteiger partial charge is 0.241 e. The molecule has 0 fully saturated rings. The van der Waals surface area contributed by atoms with Crippen LogP contribution in [0.15, 0.2) is 18.2 Å². The van der Waals surface area contributed by atoms with Gasteiger partial charge < -0.3 is 21.1 Å². The predicted molar refractivity (Wildman–Crippen MR) is 63.1 cm³/mol. The molecule has 0 spiro atoms. The molecule has 17 heavy (non-hydrogen) atoms. The fraction of sp³-hybridized carbons (Fsp3) is 0.200. The molecule has 0 saturated carbocycles. The van der Waals surface area contributed by atoms with E-state index in [1.54, 1.807) is 26.4 Å². The van der Waals surface area contributed by atoms with Crippen LogP contribution < -0.4 is 21.1 Å². The molecule has 4 N–H and O–H groups in total. The van der Waals surface area contributed by atoms with E-state index in [1.807, 2.05) is 6.07 Å². The van der Waals surface area contributed by atoms with E-state index >= 15 is 0 Å². The highest BCUT2D eigenvalue weighted by Gasteiger charge is 2.18. The number of hydrogen-bond acceptors (Lipinski definition) is 6. The quantitative estimate of drug-likeness (QED) is 0.740. The Morgan fingerprint density at radius 3 is 2.12 bits per heavy atom. The predicted octanol–water partition coefficient (Wildman–Crippen LogP) is 0.258. The molecular weight excluding hydrogens is 222 g/mol. The standard InChI is InChI=1S/C10H13N5O2/c1-16-6-4-3-5-7(17-2)8(6)9-13-14-10(11)15(9)12/h3-5H,12H2,1-2H3,(H2,11,14). The fourth-order valence-electron chi connectivity index (χ4n) is 1.55. The van der Waals surface area contributed by atoms with Gasteiger partial charge in [-0.1, -0.05) is 6.07 Å². The Morgan fingerprint density at radius 2 is 1.71 bits per heavy atom. The van der Waals surface area contributed by atoms with Crippen LogP contribution in [0.2, 0.25) is 0 Å². The summed E-state index contributed by atoms with van der Waals surface area (Å²) in [6.07, 6.45) is 0. The molecule has 0 atom stereocenters. The molecular formula is C10H13N5O2. The largest absolute Gasteiger partial charge is 0.496 e. The first-order chi connectivity index (χ1) is 8.19. The Morgan fingerprint density at radius 1 is 1.12 bits per heavy atom. The molecule has 7 heteroatoms. The second-order valence-electron chi connectivity index (χ2n) is 3.29. The highest BCUT2D eigenvalue weighted by molar-refractivity contribution is 5.72. The molecule has 2 rings (SSSR count). The number of nitrogen functional groups attached to an aromatic ring is 2. The highest BCUT2D eigenvalue weighted by atomic mass is 16.5. The lowest BCUT2D eigenvalue weighted by molar-refractivity contribution is 0.396. The number of rotatable bonds is 3. The van der Waals surface area contributed by atoms with Crippen molar-refractivity contribution in [3.05, 3.63) is 18.2 Å². The second kappa shape index (κ2) is 4.20. The third-order valence-electron chi connectivity index (χ3n) is 2.37. The summed E-state index contributed by atoms with van der Waals surface area (Å²) < 4.78 is 11.7. The van der Waals surface area contributed by atoms with Gasteiger partial charge in [-0.3, -0.25) is 0 Å². The van der Waals surface area contributed by atoms with Crippen molar-refractivity contribution in [2.75, 3.05) is 25.8 Å². The second-order valence-corrected chi connectivity index (χ2v) is 3.29. The van der Waals surface area contributed by atoms with E-state index in [0.29, 0.717) is 22.9 Å². The third kappa shape index (κ3) is 1.71. The van der Waals surface area contributed by atoms with Crippen LogP contribution in [0.4, 0.5) is 5.95 Å². The molecule has 7 nitrogen and oxygen atoms in total. The van der Waals surface area contributed by atoms with Crippen LogP contribution in [0.3, 0.4) is 0 Å². The maximum atomic E-state index is 5.74. The Balaban J connectivity index is 2.68. The highest BCUT2D eigenvalue weighted by Crippen LogP contribution is 2.36. The SMILES string of the molecule is COc1cccc(OC)c1-c1nnc(N)n1N. The molecule has 0 amide bonds. The van der Waals surface area contributed by atoms with Gasteiger partial charge >= 0.3 is 0 Å². The van der Waals surface area contributed by atoms with Gasteiger partial charge in [0, 0.05) is 0 Å². The van der Waals surface area contributed by atoms with Crippen molar-refractivity contribution < 1.29 is 9.47 Å². The van der Waals surface area contributed by atoms with Crippen LogP contribution in [0.5, 0.6) is 11.5 Å². The summed E-state index contributed by atoms with van der Waals surface area (Å²) in [5.41, 5.74) is 6.16. The summed E-state index contributed by atoms with van der Waals surface area (Å²) in [6.45, 7) is 0. The van der Waals surface area contributed by atoms with E-state index in [9.17, 15) is 0 Å². The lowest BCUT2D eigenvalue weighted by Crippen LogP contribution is -2.14. The lowest BCUT2D eigenvalue weighted by atomic mass is 10.1. The summed E-state index contributed by atoms with van der Waals surface area (Å²) in [7, 11) is 3.11. The first kappa shape index (κ1) is 11.1. The van der Waals surface area contributed by atoms with Crippen molar-refractivity contribution in [1.29, 1.82) is 0 Å². The van der Waals surface area contributed by atoms with Crippen LogP contribution in [-0.4, -0.2) is 29.1 Å². The summed E-state index contributed by atoms with van der Waals surface area (Å²) >= 11 is 0. The normalized spacial score (nSPS) is 10.2. The summed E-state index contributed by atoms with van der Waals surface area (Å²) in [4.78, 5) is 0. The van der Waals surface area contributed by atoms with E-state index in [4.69, 9.17) is 21.1 Å². The van der Waals surface area contributed by atoms with Gasteiger partial charge in [0.2, 0.25) is 5.95 Å². The molecule has 0 aliphatic carbocycles. The Bertz CT molecular complexity index is 515. The number of methoxy groups -OCH3 is 2. The summed E-state index contributed by atoms with van der Waals surface area (Å²) in [5, 5.41) is 7.60. The van der Waals surface area contributed by atoms with Crippen molar-refractivity contribution >= 4 is 5.95 Å². The average Bonchev–Trinajstić information content (AvgIpc) is 2.69. The van der Waals surface area contributed by atoms with Crippen molar-refractivity contribution in [1.82, 2.24) is 14.9 Å². The fourth-order valence-corrected chi connectivity index (χ4v) is 1.55. The van der Waals surface area contributed by atoms with Gasteiger partial charge in [-0.15, -0.1) is 10.2 Å². The molecule has 1 aromatic heterocycles. The van der Waals surface area contributed by atoms with Crippen molar-refractivity contribution in [3.63, 3.8) is 0 Å². The zero-order valence-corrected chi connectivity index (χ0v) is 9.54. The van der Waals surface area contributed by atoms with Gasteiger partial charge in [-0.05, 0) is 12.1 Å². The molecule has 0 aliphatic rings. The van der Waals surface area contributed by atoms with Crippen LogP contribution >= 0.6 is 0 Å². The van der Waals surface area contributed by atoms with Gasteiger partial charge in [-0.25, -0.2) is 4.68 Å². The molecule has 1 aromatic carbocycles. The lowest BCUT2D eigenvalue weighted by Gasteiger charge is -2.11. The van der Waals surface area contributed by atoms with E-state index in [-0.39, 0.29) is 5.95 Å². The first-order valence-electron chi connectivity index (χ1n) is 4.86. The number of aromatic nitrogens is 3. The molecule has 2 aromatic rings. The maximum absolute atomic E-state index is 5.74. The Hall–Kier alpha value is -2.44. The number of nitrogens with zero attached hydrogens (tertiary/aromatic N) is 3. The number of hydrogen-bond donors (Lipinski definition) is 2. The monoisotopic (exact) mass is 235 g/mol. The number of ether oxygens (including phenoxy) is 2. The molecule has 0 saturated heterocycles. The Kier molecular flexibility index (Phi) is 2.73. The maximum Gasteiger partial charge on any atom is 0.241 e. The number of nitrogens with two attached hydrogens (primary N) is 2. The van der Waals surface area contributed by atoms with Gasteiger partial charge in [0.25, 0.3) is 0 Å². The van der Waals surface area contributed by atoms with Crippen molar-refractivity contribution in [2.24, 2.45) is 0 Å². The van der Waals surface area contributed by atoms with Crippen LogP contribution in [0, 0.1) is 0 Å². The minimum Gasteiger partial charge on any atom is -0.496 e. The van der Waals surface area contributed by atoms with Crippen molar-refractivity contribution in [3.8, 4) is 22.9 Å². The number of benzene rings is 1. The van der Waals surface area contributed by atoms with E-state index in [1.165, 1.54) is 4.68 Å². The molecule has 0 aliphatic heterocycles. The average molecular weight is 235 g/mol. The zero-order chi connectivity index (χ0) is 12.4. The third-order valence-corrected chi connectivity index (χ3v) is 2.37. The minimum absolute atomic E-state index is 0.118.